The van der Waals surface area contributed by atoms with Crippen LogP contribution in [0.4, 0.5) is 15.4 Å². The van der Waals surface area contributed by atoms with Crippen molar-refractivity contribution in [2.75, 3.05) is 52.4 Å². The highest BCUT2D eigenvalue weighted by Gasteiger charge is 2.45. The number of nitrogens with zero attached hydrogens (tertiary/aromatic N) is 8. The Morgan fingerprint density at radius 3 is 1.92 bits per heavy atom. The molecule has 2 aromatic heterocycles. The van der Waals surface area contributed by atoms with Crippen molar-refractivity contribution >= 4 is 37.8 Å². The van der Waals surface area contributed by atoms with Crippen molar-refractivity contribution in [3.8, 4) is 39.8 Å². The summed E-state index contributed by atoms with van der Waals surface area (Å²) in [5.74, 6) is 1.86. The summed E-state index contributed by atoms with van der Waals surface area (Å²) < 4.78 is 80.6. The first-order valence-electron chi connectivity index (χ1n) is 19.9. The van der Waals surface area contributed by atoms with E-state index in [4.69, 9.17) is 14.2 Å². The minimum atomic E-state index is -4.96. The highest BCUT2D eigenvalue weighted by molar-refractivity contribution is 7.94. The number of carbonyl (C=O) groups excluding carboxylic acids is 1. The molecular formula is C43H43N9O10S2. The molecule has 4 aromatic carbocycles. The first-order chi connectivity index (χ1) is 30.8. The first-order valence-corrected chi connectivity index (χ1v) is 22.9. The second-order valence-electron chi connectivity index (χ2n) is 14.9. The molecule has 4 heterocycles. The molecule has 0 saturated carbocycles. The maximum Gasteiger partial charge on any atom is 0.407 e. The first kappa shape index (κ1) is 43.5. The van der Waals surface area contributed by atoms with Crippen molar-refractivity contribution in [2.24, 2.45) is 0 Å². The summed E-state index contributed by atoms with van der Waals surface area (Å²) in [6.45, 7) is -0.485. The number of methoxy groups -OCH3 is 3. The minimum Gasteiger partial charge on any atom is -0.497 e. The third-order valence-corrected chi connectivity index (χ3v) is 15.2. The Morgan fingerprint density at radius 2 is 1.39 bits per heavy atom. The predicted octanol–water partition coefficient (Wildman–Crippen LogP) is 4.53. The van der Waals surface area contributed by atoms with E-state index in [1.807, 2.05) is 0 Å². The van der Waals surface area contributed by atoms with Crippen molar-refractivity contribution in [1.29, 1.82) is 0 Å². The van der Waals surface area contributed by atoms with Gasteiger partial charge in [0.05, 0.1) is 38.3 Å². The number of sulfone groups is 1. The fourth-order valence-electron chi connectivity index (χ4n) is 7.52. The quantitative estimate of drug-likeness (QED) is 0.136. The minimum absolute atomic E-state index is 0.0232. The van der Waals surface area contributed by atoms with Gasteiger partial charge >= 0.3 is 12.1 Å². The predicted molar refractivity (Wildman–Crippen MR) is 232 cm³/mol. The van der Waals surface area contributed by atoms with Crippen LogP contribution in [0.25, 0.3) is 22.5 Å². The molecule has 6 aromatic rings. The van der Waals surface area contributed by atoms with Gasteiger partial charge in [-0.15, -0.1) is 5.10 Å². The Bertz CT molecular complexity index is 2860. The molecule has 2 N–H and O–H groups in total. The van der Waals surface area contributed by atoms with Crippen LogP contribution in [-0.4, -0.2) is 121 Å². The van der Waals surface area contributed by atoms with E-state index < -0.39 is 41.0 Å². The number of ether oxygens (including phenoxy) is 3. The van der Waals surface area contributed by atoms with Gasteiger partial charge in [-0.05, 0) is 92.8 Å². The van der Waals surface area contributed by atoms with Crippen molar-refractivity contribution < 1.29 is 45.7 Å². The van der Waals surface area contributed by atoms with E-state index >= 15 is 8.42 Å². The summed E-state index contributed by atoms with van der Waals surface area (Å²) in [7, 11) is -5.01. The Hall–Kier alpha value is -7.10. The molecule has 0 bridgehead atoms. The number of tetrazole rings is 1. The second kappa shape index (κ2) is 17.9. The van der Waals surface area contributed by atoms with Gasteiger partial charge in [-0.25, -0.2) is 36.1 Å². The Balaban J connectivity index is 1.40. The maximum atomic E-state index is 16.1. The zero-order valence-corrected chi connectivity index (χ0v) is 36.5. The number of anilines is 1. The number of aromatic nitrogens is 5. The largest absolute Gasteiger partial charge is 0.497 e. The molecule has 0 radical (unpaired) electrons. The molecule has 21 heteroatoms. The third kappa shape index (κ3) is 8.64. The Labute approximate surface area is 368 Å². The number of nitrogens with one attached hydrogen (secondary N) is 1. The van der Waals surface area contributed by atoms with Crippen molar-refractivity contribution in [3.05, 3.63) is 120 Å². The number of carbonyl (C=O) groups is 2. The second-order valence-corrected chi connectivity index (χ2v) is 19.0. The molecule has 332 valence electrons. The lowest BCUT2D eigenvalue weighted by molar-refractivity contribution is 0.119. The van der Waals surface area contributed by atoms with E-state index in [1.165, 1.54) is 53.5 Å². The van der Waals surface area contributed by atoms with Crippen molar-refractivity contribution in [2.45, 2.75) is 34.7 Å². The summed E-state index contributed by atoms with van der Waals surface area (Å²) in [4.78, 5) is 30.3. The average molecular weight is 910 g/mol. The van der Waals surface area contributed by atoms with Gasteiger partial charge in [0.25, 0.3) is 0 Å². The third-order valence-electron chi connectivity index (χ3n) is 11.1. The van der Waals surface area contributed by atoms with Crippen molar-refractivity contribution in [3.63, 3.8) is 0 Å². The van der Waals surface area contributed by atoms with Crippen LogP contribution in [0.1, 0.15) is 16.7 Å². The van der Waals surface area contributed by atoms with Gasteiger partial charge < -0.3 is 29.5 Å². The van der Waals surface area contributed by atoms with Crippen LogP contribution in [0.3, 0.4) is 0 Å². The summed E-state index contributed by atoms with van der Waals surface area (Å²) in [5, 5.41) is 23.8. The SMILES string of the molecule is COc1ccc(CN(Cc2ccc(OC)cc2)S(=O)(=O)c2c(S(=O)(=O)C3CN(C(=O)O)C3)ccc(-c3ccnc(N4CCNC4=O)c3)c2-c2nnnn2Cc2ccc(OC)cc2)cc1. The lowest BCUT2D eigenvalue weighted by Gasteiger charge is -2.37. The fraction of sp³-hybridized carbons (Fsp3) is 0.256. The fourth-order valence-corrected chi connectivity index (χ4v) is 11.6. The van der Waals surface area contributed by atoms with Gasteiger partial charge in [-0.1, -0.05) is 42.5 Å². The van der Waals surface area contributed by atoms with Gasteiger partial charge in [0.15, 0.2) is 15.7 Å². The molecule has 0 spiro atoms. The van der Waals surface area contributed by atoms with Crippen LogP contribution < -0.4 is 24.4 Å². The van der Waals surface area contributed by atoms with E-state index in [0.717, 1.165) is 4.90 Å². The normalized spacial score (nSPS) is 14.3. The van der Waals surface area contributed by atoms with Gasteiger partial charge in [0.1, 0.15) is 33.2 Å². The number of benzene rings is 4. The van der Waals surface area contributed by atoms with Crippen molar-refractivity contribution in [1.82, 2.24) is 39.7 Å². The van der Waals surface area contributed by atoms with Crippen LogP contribution in [0, 0.1) is 0 Å². The summed E-state index contributed by atoms with van der Waals surface area (Å²) >= 11 is 0. The zero-order valence-electron chi connectivity index (χ0n) is 34.9. The van der Waals surface area contributed by atoms with E-state index in [9.17, 15) is 23.1 Å². The number of rotatable bonds is 16. The Kier molecular flexibility index (Phi) is 12.2. The lowest BCUT2D eigenvalue weighted by Crippen LogP contribution is -2.56. The number of urea groups is 1. The lowest BCUT2D eigenvalue weighted by atomic mass is 9.99. The van der Waals surface area contributed by atoms with Gasteiger partial charge in [-0.2, -0.15) is 4.31 Å². The Morgan fingerprint density at radius 1 is 0.812 bits per heavy atom. The van der Waals surface area contributed by atoms with Gasteiger partial charge in [0.2, 0.25) is 10.0 Å². The van der Waals surface area contributed by atoms with E-state index in [-0.39, 0.29) is 61.5 Å². The topological polar surface area (TPSA) is 229 Å². The molecule has 2 saturated heterocycles. The van der Waals surface area contributed by atoms with Crippen LogP contribution in [0.15, 0.2) is 113 Å². The highest BCUT2D eigenvalue weighted by atomic mass is 32.2. The molecule has 0 aliphatic carbocycles. The van der Waals surface area contributed by atoms with Crippen LogP contribution in [0.5, 0.6) is 17.2 Å². The number of carboxylic acid groups (broad SMARTS) is 1. The van der Waals surface area contributed by atoms with Gasteiger partial charge in [0, 0.05) is 45.5 Å². The van der Waals surface area contributed by atoms with E-state index in [0.29, 0.717) is 52.6 Å². The smallest absolute Gasteiger partial charge is 0.407 e. The molecule has 19 nitrogen and oxygen atoms in total. The van der Waals surface area contributed by atoms with Crippen LogP contribution >= 0.6 is 0 Å². The number of amides is 3. The highest BCUT2D eigenvalue weighted by Crippen LogP contribution is 2.44. The summed E-state index contributed by atoms with van der Waals surface area (Å²) in [6, 6.07) is 26.2. The molecule has 2 aliphatic rings. The molecular weight excluding hydrogens is 867 g/mol. The number of hydrogen-bond donors (Lipinski definition) is 2. The molecule has 2 fully saturated rings. The molecule has 0 unspecified atom stereocenters. The molecule has 3 amide bonds. The monoisotopic (exact) mass is 909 g/mol. The molecule has 64 heavy (non-hydrogen) atoms. The number of hydrogen-bond acceptors (Lipinski definition) is 13. The zero-order chi connectivity index (χ0) is 45.2. The summed E-state index contributed by atoms with van der Waals surface area (Å²) in [6.07, 6.45) is 0.159. The van der Waals surface area contributed by atoms with E-state index in [2.05, 4.69) is 25.8 Å². The average Bonchev–Trinajstić information content (AvgIpc) is 3.94. The number of likely N-dealkylation sites (tertiary alicyclic amines) is 1. The standard InChI is InChI=1S/C43H43N9O10S2/c1-60-32-10-4-28(5-11-32)23-50(24-29-6-12-33(61-2)13-7-29)64(58,59)40-37(63(56,57)35-26-49(27-35)43(54)55)17-16-36(31-18-19-44-38(22-31)51-21-20-45-42(51)53)39(40)41-46-47-48-52(41)25-30-8-14-34(62-3)15-9-30/h4-19,22,35H,20-21,23-27H2,1-3H3,(H,45,53)(H,54,55). The molecule has 8 rings (SSSR count). The van der Waals surface area contributed by atoms with E-state index in [1.54, 1.807) is 84.9 Å². The molecule has 2 aliphatic heterocycles. The van der Waals surface area contributed by atoms with Crippen LogP contribution in [0.2, 0.25) is 0 Å². The number of sulfonamides is 1. The number of pyridine rings is 1. The summed E-state index contributed by atoms with van der Waals surface area (Å²) in [5.41, 5.74) is 2.26. The van der Waals surface area contributed by atoms with Gasteiger partial charge in [-0.3, -0.25) is 4.90 Å². The maximum absolute atomic E-state index is 16.1. The van der Waals surface area contributed by atoms with Crippen LogP contribution in [-0.2, 0) is 39.5 Å². The molecule has 0 atom stereocenters.